The van der Waals surface area contributed by atoms with E-state index in [1.165, 1.54) is 19.2 Å². The van der Waals surface area contributed by atoms with Gasteiger partial charge in [-0.1, -0.05) is 6.07 Å². The summed E-state index contributed by atoms with van der Waals surface area (Å²) in [5.41, 5.74) is -1.96. The minimum Gasteiger partial charge on any atom is -0.342 e. The third-order valence-electron chi connectivity index (χ3n) is 8.00. The van der Waals surface area contributed by atoms with Gasteiger partial charge in [0.15, 0.2) is 0 Å². The molecular weight excluding hydrogens is 555 g/mol. The summed E-state index contributed by atoms with van der Waals surface area (Å²) in [7, 11) is 1.33. The van der Waals surface area contributed by atoms with Crippen LogP contribution in [0.1, 0.15) is 53.0 Å². The summed E-state index contributed by atoms with van der Waals surface area (Å²) < 4.78 is 94.0. The molecule has 0 unspecified atom stereocenters. The van der Waals surface area contributed by atoms with Gasteiger partial charge in [0.05, 0.1) is 11.1 Å². The minimum absolute atomic E-state index is 0.0147. The van der Waals surface area contributed by atoms with Crippen molar-refractivity contribution in [3.63, 3.8) is 0 Å². The molecule has 0 radical (unpaired) electrons. The molecule has 0 aliphatic carbocycles. The van der Waals surface area contributed by atoms with Crippen LogP contribution in [0.25, 0.3) is 0 Å². The van der Waals surface area contributed by atoms with Gasteiger partial charge in [-0.3, -0.25) is 9.59 Å². The van der Waals surface area contributed by atoms with Crippen LogP contribution in [0.5, 0.6) is 0 Å². The molecule has 1 N–H and O–H groups in total. The smallest absolute Gasteiger partial charge is 0.342 e. The second-order valence-electron chi connectivity index (χ2n) is 10.9. The minimum atomic E-state index is -5.00. The summed E-state index contributed by atoms with van der Waals surface area (Å²) >= 11 is 0. The number of carbonyl (C=O) groups excluding carboxylic acids is 2. The van der Waals surface area contributed by atoms with Crippen molar-refractivity contribution in [1.29, 1.82) is 0 Å². The number of nitrogens with one attached hydrogen (secondary N) is 1. The number of likely N-dealkylation sites (tertiary alicyclic amines) is 1. The number of benzene rings is 2. The first-order valence-corrected chi connectivity index (χ1v) is 13.4. The number of hydrogen-bond donors (Lipinski definition) is 1. The number of piperidine rings is 2. The topological polar surface area (TPSA) is 52.7 Å². The van der Waals surface area contributed by atoms with Crippen LogP contribution in [0, 0.1) is 24.6 Å². The Labute approximate surface area is 233 Å². The van der Waals surface area contributed by atoms with Gasteiger partial charge in [0.25, 0.3) is 0 Å². The molecule has 224 valence electrons. The maximum Gasteiger partial charge on any atom is 0.416 e. The highest BCUT2D eigenvalue weighted by Crippen LogP contribution is 2.39. The van der Waals surface area contributed by atoms with Crippen molar-refractivity contribution in [1.82, 2.24) is 15.1 Å². The van der Waals surface area contributed by atoms with E-state index in [9.17, 15) is 40.3 Å². The molecule has 0 bridgehead atoms. The Morgan fingerprint density at radius 1 is 0.951 bits per heavy atom. The number of alkyl halides is 6. The highest BCUT2D eigenvalue weighted by molar-refractivity contribution is 5.82. The molecule has 2 heterocycles. The van der Waals surface area contributed by atoms with Crippen LogP contribution in [-0.4, -0.2) is 54.8 Å². The second kappa shape index (κ2) is 12.0. The molecule has 41 heavy (non-hydrogen) atoms. The first kappa shape index (κ1) is 30.8. The van der Waals surface area contributed by atoms with Crippen molar-refractivity contribution >= 4 is 11.8 Å². The van der Waals surface area contributed by atoms with Crippen LogP contribution in [0.3, 0.4) is 0 Å². The standard InChI is InChI=1S/C29H32F7N3O2/c1-17-11-22(30)3-4-23(17)25-16-39(26(40)19-5-8-37-9-6-19)10-7-24(25)27(41)38(2)15-18-12-20(28(31,32)33)14-21(13-18)29(34,35)36/h3-4,11-14,19,24-25,37H,5-10,15-16H2,1-2H3/t24-,25+/m1/s1. The summed E-state index contributed by atoms with van der Waals surface area (Å²) in [5.74, 6) is -2.34. The van der Waals surface area contributed by atoms with Crippen LogP contribution in [0.4, 0.5) is 30.7 Å². The first-order valence-electron chi connectivity index (χ1n) is 13.4. The molecule has 2 saturated heterocycles. The lowest BCUT2D eigenvalue weighted by atomic mass is 9.77. The normalized spacial score (nSPS) is 20.7. The molecule has 0 saturated carbocycles. The van der Waals surface area contributed by atoms with E-state index in [-0.39, 0.29) is 43.0 Å². The average Bonchev–Trinajstić information content (AvgIpc) is 2.91. The van der Waals surface area contributed by atoms with Gasteiger partial charge < -0.3 is 15.1 Å². The van der Waals surface area contributed by atoms with Crippen LogP contribution in [0.2, 0.25) is 0 Å². The Morgan fingerprint density at radius 2 is 1.56 bits per heavy atom. The molecule has 5 nitrogen and oxygen atoms in total. The zero-order valence-electron chi connectivity index (χ0n) is 22.7. The number of carbonyl (C=O) groups is 2. The zero-order chi connectivity index (χ0) is 30.1. The lowest BCUT2D eigenvalue weighted by Crippen LogP contribution is -2.50. The predicted octanol–water partition coefficient (Wildman–Crippen LogP) is 5.76. The van der Waals surface area contributed by atoms with Gasteiger partial charge >= 0.3 is 12.4 Å². The summed E-state index contributed by atoms with van der Waals surface area (Å²) in [6.45, 7) is 3.14. The summed E-state index contributed by atoms with van der Waals surface area (Å²) in [4.78, 5) is 29.8. The van der Waals surface area contributed by atoms with Crippen LogP contribution < -0.4 is 5.32 Å². The van der Waals surface area contributed by atoms with Gasteiger partial charge in [0, 0.05) is 44.4 Å². The van der Waals surface area contributed by atoms with E-state index in [0.717, 1.165) is 18.0 Å². The van der Waals surface area contributed by atoms with E-state index in [0.29, 0.717) is 36.1 Å². The van der Waals surface area contributed by atoms with Gasteiger partial charge in [-0.05, 0) is 86.3 Å². The molecule has 0 spiro atoms. The highest BCUT2D eigenvalue weighted by Gasteiger charge is 2.41. The van der Waals surface area contributed by atoms with E-state index in [2.05, 4.69) is 5.32 Å². The number of aryl methyl sites for hydroxylation is 1. The van der Waals surface area contributed by atoms with Crippen LogP contribution >= 0.6 is 0 Å². The second-order valence-corrected chi connectivity index (χ2v) is 10.9. The first-order chi connectivity index (χ1) is 19.1. The number of nitrogens with zero attached hydrogens (tertiary/aromatic N) is 2. The van der Waals surface area contributed by atoms with Gasteiger partial charge in [0.1, 0.15) is 5.82 Å². The maximum absolute atomic E-state index is 13.9. The fourth-order valence-electron chi connectivity index (χ4n) is 5.89. The third-order valence-corrected chi connectivity index (χ3v) is 8.00. The number of hydrogen-bond acceptors (Lipinski definition) is 3. The molecule has 12 heteroatoms. The van der Waals surface area contributed by atoms with E-state index < -0.39 is 53.6 Å². The zero-order valence-corrected chi connectivity index (χ0v) is 22.7. The fraction of sp³-hybridized carbons (Fsp3) is 0.517. The molecule has 2 aliphatic rings. The predicted molar refractivity (Wildman–Crippen MR) is 137 cm³/mol. The fourth-order valence-corrected chi connectivity index (χ4v) is 5.89. The monoisotopic (exact) mass is 587 g/mol. The molecule has 2 aliphatic heterocycles. The van der Waals surface area contributed by atoms with Gasteiger partial charge in [-0.2, -0.15) is 26.3 Å². The Kier molecular flexibility index (Phi) is 9.01. The quantitative estimate of drug-likeness (QED) is 0.453. The molecule has 2 atom stereocenters. The van der Waals surface area contributed by atoms with Crippen LogP contribution in [0.15, 0.2) is 36.4 Å². The molecule has 2 amide bonds. The van der Waals surface area contributed by atoms with E-state index in [4.69, 9.17) is 0 Å². The average molecular weight is 588 g/mol. The molecule has 4 rings (SSSR count). The van der Waals surface area contributed by atoms with Crippen molar-refractivity contribution in [2.24, 2.45) is 11.8 Å². The lowest BCUT2D eigenvalue weighted by molar-refractivity contribution is -0.144. The summed E-state index contributed by atoms with van der Waals surface area (Å²) in [5, 5.41) is 3.22. The lowest BCUT2D eigenvalue weighted by Gasteiger charge is -2.41. The van der Waals surface area contributed by atoms with E-state index >= 15 is 0 Å². The Balaban J connectivity index is 1.60. The van der Waals surface area contributed by atoms with Crippen molar-refractivity contribution in [2.45, 2.75) is 51.0 Å². The summed E-state index contributed by atoms with van der Waals surface area (Å²) in [6, 6.07) is 5.43. The Bertz CT molecular complexity index is 1240. The maximum atomic E-state index is 13.9. The van der Waals surface area contributed by atoms with Crippen molar-refractivity contribution in [2.75, 3.05) is 33.2 Å². The van der Waals surface area contributed by atoms with E-state index in [1.807, 2.05) is 0 Å². The van der Waals surface area contributed by atoms with Crippen molar-refractivity contribution in [3.05, 3.63) is 70.0 Å². The van der Waals surface area contributed by atoms with Gasteiger partial charge in [0.2, 0.25) is 11.8 Å². The third kappa shape index (κ3) is 7.20. The summed E-state index contributed by atoms with van der Waals surface area (Å²) in [6.07, 6.45) is -8.37. The van der Waals surface area contributed by atoms with Crippen LogP contribution in [-0.2, 0) is 28.5 Å². The van der Waals surface area contributed by atoms with Gasteiger partial charge in [-0.15, -0.1) is 0 Å². The Hall–Kier alpha value is -3.15. The number of rotatable bonds is 5. The molecule has 0 aromatic heterocycles. The molecule has 2 fully saturated rings. The number of halogens is 7. The largest absolute Gasteiger partial charge is 0.416 e. The van der Waals surface area contributed by atoms with Gasteiger partial charge in [-0.25, -0.2) is 4.39 Å². The van der Waals surface area contributed by atoms with Crippen molar-refractivity contribution in [3.8, 4) is 0 Å². The Morgan fingerprint density at radius 3 is 2.12 bits per heavy atom. The molecule has 2 aromatic rings. The number of amides is 2. The van der Waals surface area contributed by atoms with E-state index in [1.54, 1.807) is 17.9 Å². The van der Waals surface area contributed by atoms with Crippen molar-refractivity contribution < 1.29 is 40.3 Å². The molecule has 2 aromatic carbocycles. The molecular formula is C29H32F7N3O2. The SMILES string of the molecule is Cc1cc(F)ccc1[C@@H]1CN(C(=O)C2CCNCC2)CC[C@H]1C(=O)N(C)Cc1cc(C(F)(F)F)cc(C(F)(F)F)c1. The highest BCUT2D eigenvalue weighted by atomic mass is 19.4.